The van der Waals surface area contributed by atoms with E-state index >= 15 is 0 Å². The highest BCUT2D eigenvalue weighted by molar-refractivity contribution is 6.32. The number of H-pyrrole nitrogens is 1. The van der Waals surface area contributed by atoms with Crippen molar-refractivity contribution in [1.29, 1.82) is 0 Å². The standard InChI is InChI=1S/C20H22ClN3O3/c1-11(2)17(19-22-14-7-5-6-8-15(14)23-19)24-20(25)12-9-13(21)18(27-4)16(10-12)26-3/h5-11,17H,1-4H3,(H,22,23)(H,24,25). The molecule has 2 aromatic carbocycles. The minimum absolute atomic E-state index is 0.130. The van der Waals surface area contributed by atoms with Gasteiger partial charge in [0.25, 0.3) is 5.91 Å². The molecule has 0 aliphatic heterocycles. The number of hydrogen-bond donors (Lipinski definition) is 2. The Bertz CT molecular complexity index is 935. The second-order valence-electron chi connectivity index (χ2n) is 6.53. The van der Waals surface area contributed by atoms with Crippen molar-refractivity contribution in [1.82, 2.24) is 15.3 Å². The molecular formula is C20H22ClN3O3. The van der Waals surface area contributed by atoms with Crippen LogP contribution in [0.25, 0.3) is 11.0 Å². The average Bonchev–Trinajstić information content (AvgIpc) is 3.08. The van der Waals surface area contributed by atoms with Crippen LogP contribution in [0.5, 0.6) is 11.5 Å². The van der Waals surface area contributed by atoms with Crippen molar-refractivity contribution in [2.75, 3.05) is 14.2 Å². The van der Waals surface area contributed by atoms with Gasteiger partial charge in [0.1, 0.15) is 5.82 Å². The van der Waals surface area contributed by atoms with Crippen LogP contribution in [-0.4, -0.2) is 30.1 Å². The van der Waals surface area contributed by atoms with Crippen LogP contribution < -0.4 is 14.8 Å². The van der Waals surface area contributed by atoms with Crippen molar-refractivity contribution >= 4 is 28.5 Å². The maximum atomic E-state index is 12.9. The number of para-hydroxylation sites is 2. The van der Waals surface area contributed by atoms with Gasteiger partial charge in [0.15, 0.2) is 11.5 Å². The number of benzene rings is 2. The number of carbonyl (C=O) groups excluding carboxylic acids is 1. The van der Waals surface area contributed by atoms with Crippen molar-refractivity contribution in [3.63, 3.8) is 0 Å². The van der Waals surface area contributed by atoms with E-state index in [1.54, 1.807) is 12.1 Å². The van der Waals surface area contributed by atoms with Crippen LogP contribution in [0.1, 0.15) is 36.1 Å². The number of amides is 1. The van der Waals surface area contributed by atoms with Gasteiger partial charge in [-0.3, -0.25) is 4.79 Å². The Morgan fingerprint density at radius 3 is 2.56 bits per heavy atom. The lowest BCUT2D eigenvalue weighted by molar-refractivity contribution is 0.0923. The minimum Gasteiger partial charge on any atom is -0.493 e. The first kappa shape index (κ1) is 19.0. The maximum absolute atomic E-state index is 12.9. The van der Waals surface area contributed by atoms with E-state index in [9.17, 15) is 4.79 Å². The summed E-state index contributed by atoms with van der Waals surface area (Å²) in [6.45, 7) is 4.05. The molecule has 0 saturated carbocycles. The molecule has 1 amide bonds. The van der Waals surface area contributed by atoms with Gasteiger partial charge in [-0.1, -0.05) is 37.6 Å². The number of imidazole rings is 1. The second-order valence-corrected chi connectivity index (χ2v) is 6.94. The van der Waals surface area contributed by atoms with Crippen molar-refractivity contribution in [2.45, 2.75) is 19.9 Å². The van der Waals surface area contributed by atoms with Crippen LogP contribution in [0, 0.1) is 5.92 Å². The zero-order valence-corrected chi connectivity index (χ0v) is 16.4. The normalized spacial score (nSPS) is 12.2. The predicted octanol–water partition coefficient (Wildman–Crippen LogP) is 4.36. The van der Waals surface area contributed by atoms with Crippen LogP contribution in [0.3, 0.4) is 0 Å². The number of aromatic nitrogens is 2. The van der Waals surface area contributed by atoms with Gasteiger partial charge in [0.05, 0.1) is 36.3 Å². The molecular weight excluding hydrogens is 366 g/mol. The number of fused-ring (bicyclic) bond motifs is 1. The molecule has 142 valence electrons. The Balaban J connectivity index is 1.91. The van der Waals surface area contributed by atoms with Crippen molar-refractivity contribution in [3.05, 3.63) is 52.8 Å². The molecule has 27 heavy (non-hydrogen) atoms. The first-order chi connectivity index (χ1) is 12.9. The molecule has 0 aliphatic rings. The first-order valence-electron chi connectivity index (χ1n) is 8.61. The molecule has 2 N–H and O–H groups in total. The number of rotatable bonds is 6. The summed E-state index contributed by atoms with van der Waals surface area (Å²) in [4.78, 5) is 20.8. The fourth-order valence-electron chi connectivity index (χ4n) is 2.94. The van der Waals surface area contributed by atoms with E-state index < -0.39 is 0 Å². The molecule has 0 radical (unpaired) electrons. The van der Waals surface area contributed by atoms with Gasteiger partial charge >= 0.3 is 0 Å². The summed E-state index contributed by atoms with van der Waals surface area (Å²) in [6, 6.07) is 10.7. The average molecular weight is 388 g/mol. The fourth-order valence-corrected chi connectivity index (χ4v) is 3.23. The number of halogens is 1. The van der Waals surface area contributed by atoms with E-state index in [1.165, 1.54) is 14.2 Å². The van der Waals surface area contributed by atoms with E-state index in [1.807, 2.05) is 38.1 Å². The molecule has 0 saturated heterocycles. The monoisotopic (exact) mass is 387 g/mol. The fraction of sp³-hybridized carbons (Fsp3) is 0.300. The Morgan fingerprint density at radius 2 is 1.93 bits per heavy atom. The summed E-state index contributed by atoms with van der Waals surface area (Å²) in [5.74, 6) is 1.38. The molecule has 1 heterocycles. The molecule has 3 rings (SSSR count). The smallest absolute Gasteiger partial charge is 0.252 e. The van der Waals surface area contributed by atoms with Gasteiger partial charge in [0, 0.05) is 5.56 Å². The maximum Gasteiger partial charge on any atom is 0.252 e. The first-order valence-corrected chi connectivity index (χ1v) is 8.99. The van der Waals surface area contributed by atoms with Crippen molar-refractivity contribution in [3.8, 4) is 11.5 Å². The summed E-state index contributed by atoms with van der Waals surface area (Å²) in [7, 11) is 3.00. The number of nitrogens with one attached hydrogen (secondary N) is 2. The number of aromatic amines is 1. The van der Waals surface area contributed by atoms with Crippen molar-refractivity contribution in [2.24, 2.45) is 5.92 Å². The van der Waals surface area contributed by atoms with Crippen LogP contribution in [-0.2, 0) is 0 Å². The molecule has 0 aliphatic carbocycles. The third-order valence-corrected chi connectivity index (χ3v) is 4.63. The summed E-state index contributed by atoms with van der Waals surface area (Å²) in [6.07, 6.45) is 0. The molecule has 0 spiro atoms. The summed E-state index contributed by atoms with van der Waals surface area (Å²) in [5, 5.41) is 3.35. The largest absolute Gasteiger partial charge is 0.493 e. The molecule has 3 aromatic rings. The number of hydrogen-bond acceptors (Lipinski definition) is 4. The second kappa shape index (κ2) is 7.88. The highest BCUT2D eigenvalue weighted by atomic mass is 35.5. The lowest BCUT2D eigenvalue weighted by atomic mass is 10.0. The lowest BCUT2D eigenvalue weighted by Gasteiger charge is -2.21. The summed E-state index contributed by atoms with van der Waals surface area (Å²) >= 11 is 6.22. The number of ether oxygens (including phenoxy) is 2. The van der Waals surface area contributed by atoms with E-state index in [2.05, 4.69) is 15.3 Å². The zero-order chi connectivity index (χ0) is 19.6. The van der Waals surface area contributed by atoms with E-state index in [0.29, 0.717) is 27.9 Å². The Hall–Kier alpha value is -2.73. The SMILES string of the molecule is COc1cc(C(=O)NC(c2nc3ccccc3[nH]2)C(C)C)cc(Cl)c1OC. The Kier molecular flexibility index (Phi) is 5.56. The Labute approximate surface area is 162 Å². The van der Waals surface area contributed by atoms with E-state index in [-0.39, 0.29) is 17.9 Å². The lowest BCUT2D eigenvalue weighted by Crippen LogP contribution is -2.32. The van der Waals surface area contributed by atoms with Crippen LogP contribution >= 0.6 is 11.6 Å². The van der Waals surface area contributed by atoms with Crippen LogP contribution in [0.4, 0.5) is 0 Å². The molecule has 1 atom stereocenters. The Morgan fingerprint density at radius 1 is 1.19 bits per heavy atom. The molecule has 0 fully saturated rings. The van der Waals surface area contributed by atoms with Gasteiger partial charge < -0.3 is 19.8 Å². The summed E-state index contributed by atoms with van der Waals surface area (Å²) < 4.78 is 10.5. The van der Waals surface area contributed by atoms with Gasteiger partial charge in [-0.2, -0.15) is 0 Å². The zero-order valence-electron chi connectivity index (χ0n) is 15.7. The molecule has 6 nitrogen and oxygen atoms in total. The highest BCUT2D eigenvalue weighted by Gasteiger charge is 2.24. The molecule has 7 heteroatoms. The molecule has 0 bridgehead atoms. The quantitative estimate of drug-likeness (QED) is 0.658. The van der Waals surface area contributed by atoms with E-state index in [4.69, 9.17) is 21.1 Å². The predicted molar refractivity (Wildman–Crippen MR) is 106 cm³/mol. The highest BCUT2D eigenvalue weighted by Crippen LogP contribution is 2.36. The topological polar surface area (TPSA) is 76.2 Å². The van der Waals surface area contributed by atoms with Gasteiger partial charge in [0.2, 0.25) is 0 Å². The van der Waals surface area contributed by atoms with Gasteiger partial charge in [-0.15, -0.1) is 0 Å². The molecule has 1 unspecified atom stereocenters. The van der Waals surface area contributed by atoms with Gasteiger partial charge in [-0.25, -0.2) is 4.98 Å². The van der Waals surface area contributed by atoms with Crippen LogP contribution in [0.2, 0.25) is 5.02 Å². The number of methoxy groups -OCH3 is 2. The summed E-state index contributed by atoms with van der Waals surface area (Å²) in [5.41, 5.74) is 2.18. The minimum atomic E-state index is -0.281. The van der Waals surface area contributed by atoms with Crippen molar-refractivity contribution < 1.29 is 14.3 Å². The molecule has 1 aromatic heterocycles. The van der Waals surface area contributed by atoms with Gasteiger partial charge in [-0.05, 0) is 30.2 Å². The van der Waals surface area contributed by atoms with Crippen LogP contribution in [0.15, 0.2) is 36.4 Å². The third-order valence-electron chi connectivity index (χ3n) is 4.35. The number of carbonyl (C=O) groups is 1. The number of nitrogens with zero attached hydrogens (tertiary/aromatic N) is 1. The third kappa shape index (κ3) is 3.85. The van der Waals surface area contributed by atoms with E-state index in [0.717, 1.165) is 11.0 Å².